The first-order chi connectivity index (χ1) is 16.7. The van der Waals surface area contributed by atoms with Crippen molar-refractivity contribution in [2.24, 2.45) is 0 Å². The van der Waals surface area contributed by atoms with Gasteiger partial charge < -0.3 is 25.1 Å². The molecule has 3 aromatic rings. The van der Waals surface area contributed by atoms with E-state index in [-0.39, 0.29) is 28.7 Å². The Morgan fingerprint density at radius 1 is 0.917 bits per heavy atom. The Morgan fingerprint density at radius 3 is 2.08 bits per heavy atom. The third kappa shape index (κ3) is 6.48. The van der Waals surface area contributed by atoms with Crippen LogP contribution in [0.15, 0.2) is 54.7 Å². The van der Waals surface area contributed by atoms with E-state index >= 15 is 0 Å². The lowest BCUT2D eigenvalue weighted by Crippen LogP contribution is -2.96. The smallest absolute Gasteiger partial charge is 0.419 e. The van der Waals surface area contributed by atoms with Crippen LogP contribution in [0, 0.1) is 10.4 Å². The van der Waals surface area contributed by atoms with Crippen LogP contribution >= 0.6 is 0 Å². The number of imide groups is 1. The molecule has 0 atom stereocenters. The van der Waals surface area contributed by atoms with Crippen molar-refractivity contribution in [2.75, 3.05) is 0 Å². The molecule has 0 bridgehead atoms. The van der Waals surface area contributed by atoms with Crippen LogP contribution in [0.1, 0.15) is 57.5 Å². The minimum absolute atomic E-state index is 0.00236. The summed E-state index contributed by atoms with van der Waals surface area (Å²) in [6, 6.07) is 12.8. The lowest BCUT2D eigenvalue weighted by Gasteiger charge is -2.26. The molecule has 0 unspecified atom stereocenters. The molecule has 0 saturated heterocycles. The number of quaternary nitrogens is 1. The van der Waals surface area contributed by atoms with Crippen molar-refractivity contribution >= 4 is 34.7 Å². The summed E-state index contributed by atoms with van der Waals surface area (Å²) < 4.78 is 12.0. The number of carbonyl (C=O) groups is 3. The first kappa shape index (κ1) is 26.9. The zero-order valence-electron chi connectivity index (χ0n) is 21.2. The van der Waals surface area contributed by atoms with Gasteiger partial charge in [-0.3, -0.25) is 9.36 Å². The summed E-state index contributed by atoms with van der Waals surface area (Å²) in [6.45, 7) is 10.0. The summed E-state index contributed by atoms with van der Waals surface area (Å²) in [7, 11) is 0. The molecule has 0 saturated carbocycles. The standard InChI is InChI=1S/C26H30N3O7/c1-25(2,3)35-23(31)27-16-20(19-13-12-18(29(33)34)14-21(19)27)22(30)28(24(32)36-26(4,5)6)15-17-10-8-7-9-11-17/h7-14,16,29H,15H2,1-6H3/q-1. The highest BCUT2D eigenvalue weighted by molar-refractivity contribution is 6.13. The molecule has 192 valence electrons. The Morgan fingerprint density at radius 2 is 1.53 bits per heavy atom. The predicted octanol–water partition coefficient (Wildman–Crippen LogP) is 4.51. The molecule has 10 nitrogen and oxygen atoms in total. The van der Waals surface area contributed by atoms with E-state index in [1.807, 2.05) is 6.07 Å². The minimum Gasteiger partial charge on any atom is -0.628 e. The number of benzene rings is 2. The number of aromatic nitrogens is 1. The molecular weight excluding hydrogens is 466 g/mol. The summed E-state index contributed by atoms with van der Waals surface area (Å²) in [4.78, 5) is 40.7. The molecule has 0 fully saturated rings. The van der Waals surface area contributed by atoms with E-state index in [4.69, 9.17) is 9.47 Å². The van der Waals surface area contributed by atoms with E-state index in [9.17, 15) is 24.8 Å². The topological polar surface area (TPSA) is 128 Å². The van der Waals surface area contributed by atoms with Gasteiger partial charge >= 0.3 is 12.2 Å². The number of amides is 2. The van der Waals surface area contributed by atoms with Crippen LogP contribution in [0.3, 0.4) is 0 Å². The number of ether oxygens (including phenoxy) is 2. The first-order valence-corrected chi connectivity index (χ1v) is 11.3. The average Bonchev–Trinajstić information content (AvgIpc) is 3.14. The number of fused-ring (bicyclic) bond motifs is 1. The Hall–Kier alpha value is -3.73. The van der Waals surface area contributed by atoms with Crippen molar-refractivity contribution < 1.29 is 29.1 Å². The summed E-state index contributed by atoms with van der Waals surface area (Å²) in [6.07, 6.45) is -0.433. The second-order valence-electron chi connectivity index (χ2n) is 10.3. The molecule has 36 heavy (non-hydrogen) atoms. The van der Waals surface area contributed by atoms with Gasteiger partial charge in [0.05, 0.1) is 17.6 Å². The SMILES string of the molecule is CC(C)(C)OC(=O)N(Cc1ccccc1)C(=O)c1cn(C(=O)OC(C)(C)C)c2cc([NH+]([O-])[O-])ccc12. The van der Waals surface area contributed by atoms with Crippen LogP contribution < -0.4 is 5.23 Å². The molecular formula is C26H30N3O7-. The second kappa shape index (κ2) is 10.1. The second-order valence-corrected chi connectivity index (χ2v) is 10.3. The van der Waals surface area contributed by atoms with Crippen molar-refractivity contribution in [1.29, 1.82) is 0 Å². The molecule has 0 aliphatic heterocycles. The third-order valence-corrected chi connectivity index (χ3v) is 4.90. The molecule has 2 aromatic carbocycles. The van der Waals surface area contributed by atoms with Gasteiger partial charge in [0.25, 0.3) is 5.91 Å². The van der Waals surface area contributed by atoms with Gasteiger partial charge in [-0.15, -0.1) is 0 Å². The van der Waals surface area contributed by atoms with E-state index in [1.165, 1.54) is 24.4 Å². The highest BCUT2D eigenvalue weighted by atomic mass is 16.8. The average molecular weight is 497 g/mol. The maximum atomic E-state index is 13.8. The number of hydrogen-bond donors (Lipinski definition) is 1. The number of carbonyl (C=O) groups excluding carboxylic acids is 3. The Bertz CT molecular complexity index is 1270. The number of nitrogens with one attached hydrogen (secondary N) is 1. The van der Waals surface area contributed by atoms with Crippen LogP contribution in [0.25, 0.3) is 10.9 Å². The number of hydrogen-bond acceptors (Lipinski definition) is 7. The van der Waals surface area contributed by atoms with Crippen LogP contribution in [0.2, 0.25) is 0 Å². The summed E-state index contributed by atoms with van der Waals surface area (Å²) >= 11 is 0. The Balaban J connectivity index is 2.14. The van der Waals surface area contributed by atoms with Crippen LogP contribution in [0.4, 0.5) is 15.3 Å². The van der Waals surface area contributed by atoms with E-state index in [2.05, 4.69) is 0 Å². The molecule has 0 spiro atoms. The molecule has 1 heterocycles. The molecule has 0 aliphatic carbocycles. The van der Waals surface area contributed by atoms with Crippen molar-refractivity contribution in [1.82, 2.24) is 9.47 Å². The molecule has 1 N–H and O–H groups in total. The quantitative estimate of drug-likeness (QED) is 0.526. The van der Waals surface area contributed by atoms with Gasteiger partial charge in [0.1, 0.15) is 16.9 Å². The highest BCUT2D eigenvalue weighted by Crippen LogP contribution is 2.27. The molecule has 10 heteroatoms. The maximum absolute atomic E-state index is 13.8. The number of nitrogens with zero attached hydrogens (tertiary/aromatic N) is 2. The Labute approximate surface area is 209 Å². The van der Waals surface area contributed by atoms with Crippen molar-refractivity contribution in [3.63, 3.8) is 0 Å². The maximum Gasteiger partial charge on any atom is 0.419 e. The molecule has 1 aromatic heterocycles. The summed E-state index contributed by atoms with van der Waals surface area (Å²) in [5.74, 6) is -0.721. The first-order valence-electron chi connectivity index (χ1n) is 11.3. The fraction of sp³-hybridized carbons (Fsp3) is 0.346. The van der Waals surface area contributed by atoms with Crippen molar-refractivity contribution in [3.8, 4) is 0 Å². The lowest BCUT2D eigenvalue weighted by molar-refractivity contribution is -0.715. The summed E-state index contributed by atoms with van der Waals surface area (Å²) in [5.41, 5.74) is -1.08. The van der Waals surface area contributed by atoms with E-state index in [0.717, 1.165) is 9.47 Å². The van der Waals surface area contributed by atoms with Gasteiger partial charge in [-0.2, -0.15) is 0 Å². The van der Waals surface area contributed by atoms with Gasteiger partial charge in [-0.25, -0.2) is 14.5 Å². The van der Waals surface area contributed by atoms with Crippen molar-refractivity contribution in [3.05, 3.63) is 76.3 Å². The Kier molecular flexibility index (Phi) is 7.54. The van der Waals surface area contributed by atoms with Gasteiger partial charge in [0.2, 0.25) is 0 Å². The summed E-state index contributed by atoms with van der Waals surface area (Å²) in [5, 5.41) is 21.7. The van der Waals surface area contributed by atoms with Gasteiger partial charge in [0.15, 0.2) is 0 Å². The fourth-order valence-electron chi connectivity index (χ4n) is 3.43. The van der Waals surface area contributed by atoms with Gasteiger partial charge in [0, 0.05) is 23.7 Å². The van der Waals surface area contributed by atoms with E-state index < -0.39 is 34.5 Å². The van der Waals surface area contributed by atoms with Gasteiger partial charge in [-0.1, -0.05) is 30.3 Å². The molecule has 0 radical (unpaired) electrons. The number of rotatable bonds is 4. The highest BCUT2D eigenvalue weighted by Gasteiger charge is 2.31. The minimum atomic E-state index is -1.44. The van der Waals surface area contributed by atoms with Gasteiger partial charge in [-0.05, 0) is 53.2 Å². The molecule has 0 aliphatic rings. The van der Waals surface area contributed by atoms with Crippen molar-refractivity contribution in [2.45, 2.75) is 59.3 Å². The van der Waals surface area contributed by atoms with E-state index in [1.54, 1.807) is 65.8 Å². The normalized spacial score (nSPS) is 12.0. The molecule has 2 amide bonds. The van der Waals surface area contributed by atoms with Crippen LogP contribution in [-0.2, 0) is 16.0 Å². The molecule has 3 rings (SSSR count). The van der Waals surface area contributed by atoms with Crippen LogP contribution in [-0.4, -0.2) is 38.8 Å². The third-order valence-electron chi connectivity index (χ3n) is 4.90. The van der Waals surface area contributed by atoms with Crippen LogP contribution in [0.5, 0.6) is 0 Å². The zero-order chi connectivity index (χ0) is 26.8. The van der Waals surface area contributed by atoms with E-state index in [0.29, 0.717) is 5.56 Å². The fourth-order valence-corrected chi connectivity index (χ4v) is 3.43. The largest absolute Gasteiger partial charge is 0.628 e. The lowest BCUT2D eigenvalue weighted by atomic mass is 10.1. The predicted molar refractivity (Wildman–Crippen MR) is 133 cm³/mol. The zero-order valence-corrected chi connectivity index (χ0v) is 21.2. The monoisotopic (exact) mass is 496 g/mol.